The molecule has 1 aromatic heterocycles. The van der Waals surface area contributed by atoms with E-state index in [1.54, 1.807) is 18.2 Å². The van der Waals surface area contributed by atoms with Crippen molar-refractivity contribution in [3.05, 3.63) is 59.7 Å². The van der Waals surface area contributed by atoms with Crippen LogP contribution in [0.1, 0.15) is 62.7 Å². The molecule has 3 aliphatic rings. The maximum absolute atomic E-state index is 14.2. The van der Waals surface area contributed by atoms with Crippen molar-refractivity contribution >= 4 is 17.8 Å². The molecule has 0 spiro atoms. The van der Waals surface area contributed by atoms with Gasteiger partial charge in [0.25, 0.3) is 0 Å². The van der Waals surface area contributed by atoms with Crippen LogP contribution >= 0.6 is 0 Å². The molecule has 3 N–H and O–H groups in total. The molecule has 0 unspecified atom stereocenters. The van der Waals surface area contributed by atoms with Gasteiger partial charge in [-0.05, 0) is 43.4 Å². The van der Waals surface area contributed by atoms with Crippen LogP contribution in [0.4, 0.5) is 17.6 Å². The van der Waals surface area contributed by atoms with Gasteiger partial charge in [0.05, 0.1) is 24.7 Å². The number of para-hydroxylation sites is 1. The van der Waals surface area contributed by atoms with E-state index in [1.807, 2.05) is 13.8 Å². The highest BCUT2D eigenvalue weighted by atomic mass is 19.4. The number of pyridine rings is 1. The van der Waals surface area contributed by atoms with Crippen molar-refractivity contribution < 1.29 is 31.9 Å². The second kappa shape index (κ2) is 9.80. The van der Waals surface area contributed by atoms with Crippen LogP contribution in [0.15, 0.2) is 42.7 Å². The summed E-state index contributed by atoms with van der Waals surface area (Å²) in [6, 6.07) is 5.73. The first-order valence-electron chi connectivity index (χ1n) is 12.8. The zero-order chi connectivity index (χ0) is 28.1. The monoisotopic (exact) mass is 547 g/mol. The fourth-order valence-electron chi connectivity index (χ4n) is 5.52. The molecule has 1 aromatic carbocycles. The number of nitrogens with zero attached hydrogens (tertiary/aromatic N) is 2. The van der Waals surface area contributed by atoms with Crippen molar-refractivity contribution in [3.63, 3.8) is 0 Å². The number of carbonyl (C=O) groups is 2. The first kappa shape index (κ1) is 26.9. The molecule has 0 radical (unpaired) electrons. The smallest absolute Gasteiger partial charge is 0.425 e. The van der Waals surface area contributed by atoms with E-state index in [2.05, 4.69) is 15.6 Å². The minimum Gasteiger partial charge on any atom is -0.480 e. The third kappa shape index (κ3) is 5.28. The number of benzene rings is 1. The van der Waals surface area contributed by atoms with Crippen LogP contribution in [0.5, 0.6) is 5.75 Å². The highest BCUT2D eigenvalue weighted by molar-refractivity contribution is 5.99. The molecule has 3 heterocycles. The Labute approximate surface area is 222 Å². The number of alkyl halides is 3. The Bertz CT molecular complexity index is 1280. The lowest BCUT2D eigenvalue weighted by Gasteiger charge is -2.43. The summed E-state index contributed by atoms with van der Waals surface area (Å²) in [5.41, 5.74) is 0.176. The quantitative estimate of drug-likeness (QED) is 0.465. The minimum atomic E-state index is -4.61. The largest absolute Gasteiger partial charge is 0.480 e. The summed E-state index contributed by atoms with van der Waals surface area (Å²) >= 11 is 0. The molecule has 1 aliphatic carbocycles. The van der Waals surface area contributed by atoms with Gasteiger partial charge in [0.15, 0.2) is 12.1 Å². The lowest BCUT2D eigenvalue weighted by atomic mass is 9.90. The third-order valence-corrected chi connectivity index (χ3v) is 7.87. The van der Waals surface area contributed by atoms with Crippen LogP contribution in [0, 0.1) is 23.1 Å². The van der Waals surface area contributed by atoms with Gasteiger partial charge in [-0.15, -0.1) is 0 Å². The number of halogens is 4. The molecule has 0 bridgehead atoms. The normalized spacial score (nSPS) is 29.1. The number of aromatic nitrogens is 1. The number of guanidine groups is 1. The van der Waals surface area contributed by atoms with Crippen LogP contribution in [0.3, 0.4) is 0 Å². The van der Waals surface area contributed by atoms with Crippen molar-refractivity contribution in [2.24, 2.45) is 11.8 Å². The number of amides is 2. The van der Waals surface area contributed by atoms with E-state index in [1.165, 1.54) is 23.2 Å². The molecule has 12 heteroatoms. The molecule has 1 saturated heterocycles. The number of hydrogen-bond acceptors (Lipinski definition) is 5. The van der Waals surface area contributed by atoms with E-state index >= 15 is 0 Å². The van der Waals surface area contributed by atoms with Crippen LogP contribution in [-0.2, 0) is 9.59 Å². The molecule has 2 amide bonds. The second-order valence-corrected chi connectivity index (χ2v) is 10.7. The van der Waals surface area contributed by atoms with Crippen LogP contribution < -0.4 is 15.4 Å². The number of hydrogen-bond donors (Lipinski definition) is 3. The molecule has 2 fully saturated rings. The van der Waals surface area contributed by atoms with E-state index in [0.717, 1.165) is 6.20 Å². The summed E-state index contributed by atoms with van der Waals surface area (Å²) in [5.74, 6) is -2.67. The molecule has 6 atom stereocenters. The van der Waals surface area contributed by atoms with Crippen LogP contribution in [0.2, 0.25) is 0 Å². The summed E-state index contributed by atoms with van der Waals surface area (Å²) in [6.07, 6.45) is -3.72. The van der Waals surface area contributed by atoms with Gasteiger partial charge in [-0.2, -0.15) is 13.2 Å². The number of nitrogens with one attached hydrogen (secondary N) is 3. The van der Waals surface area contributed by atoms with Gasteiger partial charge in [-0.1, -0.05) is 25.1 Å². The first-order valence-corrected chi connectivity index (χ1v) is 12.8. The van der Waals surface area contributed by atoms with Crippen molar-refractivity contribution in [2.45, 2.75) is 69.4 Å². The topological polar surface area (TPSA) is 107 Å². The lowest BCUT2D eigenvalue weighted by molar-refractivity contribution is -0.201. The molecular formula is C27H29F4N5O3. The standard InChI is InChI=1S/C27H29F4N5O3/c1-3-26(2)11-22(37)36(25(32)35-26)23(14-8-15(28)13-33-12-14)17-9-18(17)24(38)34-19-10-21(27(29,30)31)39-20-7-5-4-6-16(19)20/h4-8,12-13,17-19,21,23H,3,9-11H2,1-2H3,(H2,32,35)(H,34,38)/t17-,18-,19+,21-,23-,26-/m1/s1. The Kier molecular flexibility index (Phi) is 6.76. The second-order valence-electron chi connectivity index (χ2n) is 10.7. The highest BCUT2D eigenvalue weighted by Crippen LogP contribution is 2.51. The summed E-state index contributed by atoms with van der Waals surface area (Å²) in [6.45, 7) is 3.74. The molecular weight excluding hydrogens is 518 g/mol. The number of carbonyl (C=O) groups excluding carboxylic acids is 2. The van der Waals surface area contributed by atoms with Gasteiger partial charge in [0.1, 0.15) is 11.6 Å². The lowest BCUT2D eigenvalue weighted by Crippen LogP contribution is -2.61. The van der Waals surface area contributed by atoms with Crippen LogP contribution in [0.25, 0.3) is 0 Å². The van der Waals surface area contributed by atoms with E-state index < -0.39 is 59.9 Å². The Morgan fingerprint density at radius 2 is 2.05 bits per heavy atom. The van der Waals surface area contributed by atoms with Gasteiger partial charge in [-0.3, -0.25) is 24.9 Å². The number of ether oxygens (including phenoxy) is 1. The fraction of sp³-hybridized carbons (Fsp3) is 0.481. The van der Waals surface area contributed by atoms with E-state index in [-0.39, 0.29) is 24.0 Å². The summed E-state index contributed by atoms with van der Waals surface area (Å²) < 4.78 is 59.9. The van der Waals surface area contributed by atoms with E-state index in [0.29, 0.717) is 24.0 Å². The van der Waals surface area contributed by atoms with Gasteiger partial charge in [0, 0.05) is 29.6 Å². The molecule has 1 saturated carbocycles. The first-order chi connectivity index (χ1) is 18.4. The van der Waals surface area contributed by atoms with Gasteiger partial charge in [-0.25, -0.2) is 4.39 Å². The van der Waals surface area contributed by atoms with Crippen LogP contribution in [-0.4, -0.2) is 45.5 Å². The summed E-state index contributed by atoms with van der Waals surface area (Å²) in [4.78, 5) is 31.8. The zero-order valence-electron chi connectivity index (χ0n) is 21.4. The SMILES string of the molecule is CC[C@]1(C)CC(=O)N([C@H](c2cncc(F)c2)[C@@H]2C[C@H]2C(=O)N[C@H]2C[C@H](C(F)(F)F)Oc3ccccc32)C(=N)N1. The van der Waals surface area contributed by atoms with Crippen molar-refractivity contribution in [1.82, 2.24) is 20.5 Å². The van der Waals surface area contributed by atoms with Gasteiger partial charge < -0.3 is 15.4 Å². The Morgan fingerprint density at radius 3 is 2.72 bits per heavy atom. The number of fused-ring (bicyclic) bond motifs is 1. The Hall–Kier alpha value is -3.70. The maximum Gasteiger partial charge on any atom is 0.425 e. The van der Waals surface area contributed by atoms with E-state index in [9.17, 15) is 27.2 Å². The molecule has 5 rings (SSSR count). The number of rotatable bonds is 6. The zero-order valence-corrected chi connectivity index (χ0v) is 21.4. The molecule has 39 heavy (non-hydrogen) atoms. The van der Waals surface area contributed by atoms with E-state index in [4.69, 9.17) is 10.1 Å². The predicted molar refractivity (Wildman–Crippen MR) is 132 cm³/mol. The maximum atomic E-state index is 14.2. The summed E-state index contributed by atoms with van der Waals surface area (Å²) in [7, 11) is 0. The average molecular weight is 548 g/mol. The molecule has 2 aliphatic heterocycles. The van der Waals surface area contributed by atoms with Crippen molar-refractivity contribution in [2.75, 3.05) is 0 Å². The Balaban J connectivity index is 1.39. The predicted octanol–water partition coefficient (Wildman–Crippen LogP) is 4.39. The molecule has 208 valence electrons. The Morgan fingerprint density at radius 1 is 1.31 bits per heavy atom. The highest BCUT2D eigenvalue weighted by Gasteiger charge is 2.54. The van der Waals surface area contributed by atoms with Crippen molar-refractivity contribution in [3.8, 4) is 5.75 Å². The van der Waals surface area contributed by atoms with Gasteiger partial charge in [0.2, 0.25) is 11.8 Å². The minimum absolute atomic E-state index is 0.0600. The molecule has 2 aromatic rings. The summed E-state index contributed by atoms with van der Waals surface area (Å²) in [5, 5.41) is 14.4. The fourth-order valence-corrected chi connectivity index (χ4v) is 5.52. The van der Waals surface area contributed by atoms with Crippen molar-refractivity contribution in [1.29, 1.82) is 5.41 Å². The van der Waals surface area contributed by atoms with Gasteiger partial charge >= 0.3 is 6.18 Å². The third-order valence-electron chi connectivity index (χ3n) is 7.87. The average Bonchev–Trinajstić information content (AvgIpc) is 3.66. The molecule has 8 nitrogen and oxygen atoms in total.